The van der Waals surface area contributed by atoms with Crippen molar-refractivity contribution in [2.75, 3.05) is 5.32 Å². The number of anilines is 1. The molecule has 4 aromatic rings. The van der Waals surface area contributed by atoms with Crippen LogP contribution in [0.3, 0.4) is 0 Å². The minimum absolute atomic E-state index is 0.166. The van der Waals surface area contributed by atoms with Crippen LogP contribution in [0, 0.1) is 0 Å². The van der Waals surface area contributed by atoms with E-state index >= 15 is 0 Å². The maximum Gasteiger partial charge on any atom is 0.325 e. The summed E-state index contributed by atoms with van der Waals surface area (Å²) in [6, 6.07) is 9.19. The number of carbonyl (C=O) groups is 1. The number of rotatable bonds is 5. The molecule has 0 radical (unpaired) electrons. The van der Waals surface area contributed by atoms with Crippen LogP contribution in [0.15, 0.2) is 53.4 Å². The lowest BCUT2D eigenvalue weighted by Crippen LogP contribution is -2.43. The normalized spacial score (nSPS) is 20.5. The minimum Gasteiger partial charge on any atom is -0.444 e. The van der Waals surface area contributed by atoms with E-state index in [4.69, 9.17) is 9.52 Å². The van der Waals surface area contributed by atoms with Crippen LogP contribution in [0.4, 0.5) is 5.69 Å². The molecule has 1 amide bonds. The van der Waals surface area contributed by atoms with Crippen molar-refractivity contribution in [3.8, 4) is 11.5 Å². The van der Waals surface area contributed by atoms with Crippen molar-refractivity contribution < 1.29 is 24.3 Å². The van der Waals surface area contributed by atoms with E-state index in [1.165, 1.54) is 6.26 Å². The molecule has 34 heavy (non-hydrogen) atoms. The summed E-state index contributed by atoms with van der Waals surface area (Å²) in [4.78, 5) is 17.5. The van der Waals surface area contributed by atoms with Gasteiger partial charge < -0.3 is 14.8 Å². The molecule has 3 aromatic heterocycles. The molecule has 9 nitrogen and oxygen atoms in total. The molecule has 2 aliphatic rings. The number of nitrogens with zero attached hydrogens (tertiary/aromatic N) is 4. The highest BCUT2D eigenvalue weighted by atomic mass is 16.5. The Bertz CT molecular complexity index is 1350. The number of oxazole rings is 1. The van der Waals surface area contributed by atoms with Gasteiger partial charge in [0.2, 0.25) is 11.6 Å². The average molecular weight is 461 g/mol. The fraction of sp³-hybridized carbons (Fsp3) is 0.360. The number of hydrogen-bond donors (Lipinski definition) is 3. The number of fused-ring (bicyclic) bond motifs is 1. The van der Waals surface area contributed by atoms with Crippen LogP contribution in [0.2, 0.25) is 0 Å². The average Bonchev–Trinajstić information content (AvgIpc) is 3.36. The van der Waals surface area contributed by atoms with Gasteiger partial charge in [-0.25, -0.2) is 4.98 Å². The van der Waals surface area contributed by atoms with E-state index in [1.54, 1.807) is 18.3 Å². The lowest BCUT2D eigenvalue weighted by atomic mass is 9.93. The number of pyridine rings is 1. The lowest BCUT2D eigenvalue weighted by Gasteiger charge is -2.25. The predicted molar refractivity (Wildman–Crippen MR) is 122 cm³/mol. The SMILES string of the molecule is O=C(Nc1cc2cn([C@H]3CC[C@H](O)CC3)nc2cc1-c1ncco1)c1cccc(C2CC2)[n+]1O. The number of aliphatic hydroxyl groups is 1. The van der Waals surface area contributed by atoms with Gasteiger partial charge in [-0.05, 0) is 56.7 Å². The van der Waals surface area contributed by atoms with Gasteiger partial charge in [-0.2, -0.15) is 5.10 Å². The highest BCUT2D eigenvalue weighted by Gasteiger charge is 2.36. The van der Waals surface area contributed by atoms with Crippen molar-refractivity contribution in [2.24, 2.45) is 0 Å². The van der Waals surface area contributed by atoms with Crippen molar-refractivity contribution in [3.05, 3.63) is 60.4 Å². The highest BCUT2D eigenvalue weighted by molar-refractivity contribution is 6.05. The summed E-state index contributed by atoms with van der Waals surface area (Å²) in [5.41, 5.74) is 2.81. The molecule has 3 heterocycles. The van der Waals surface area contributed by atoms with Gasteiger partial charge >= 0.3 is 11.6 Å². The van der Waals surface area contributed by atoms with Crippen LogP contribution in [-0.4, -0.2) is 37.1 Å². The van der Waals surface area contributed by atoms with E-state index in [-0.39, 0.29) is 17.8 Å². The van der Waals surface area contributed by atoms with Crippen LogP contribution in [0.25, 0.3) is 22.4 Å². The summed E-state index contributed by atoms with van der Waals surface area (Å²) >= 11 is 0. The first-order chi connectivity index (χ1) is 16.6. The Labute approximate surface area is 195 Å². The number of hydrogen-bond acceptors (Lipinski definition) is 6. The zero-order valence-electron chi connectivity index (χ0n) is 18.6. The Morgan fingerprint density at radius 2 is 1.97 bits per heavy atom. The molecule has 0 bridgehead atoms. The Hall–Kier alpha value is -3.72. The molecule has 2 aliphatic carbocycles. The van der Waals surface area contributed by atoms with Crippen LogP contribution in [-0.2, 0) is 0 Å². The number of aliphatic hydroxyl groups excluding tert-OH is 1. The molecular weight excluding hydrogens is 434 g/mol. The molecule has 174 valence electrons. The Morgan fingerprint density at radius 3 is 2.71 bits per heavy atom. The first kappa shape index (κ1) is 20.9. The van der Waals surface area contributed by atoms with Crippen LogP contribution < -0.4 is 10.0 Å². The zero-order chi connectivity index (χ0) is 23.2. The van der Waals surface area contributed by atoms with Gasteiger partial charge in [-0.3, -0.25) is 14.7 Å². The van der Waals surface area contributed by atoms with E-state index in [1.807, 2.05) is 29.1 Å². The van der Waals surface area contributed by atoms with Crippen molar-refractivity contribution in [1.82, 2.24) is 14.8 Å². The van der Waals surface area contributed by atoms with Gasteiger partial charge in [0.05, 0.1) is 35.1 Å². The summed E-state index contributed by atoms with van der Waals surface area (Å²) in [5, 5.41) is 29.1. The summed E-state index contributed by atoms with van der Waals surface area (Å²) < 4.78 is 8.49. The summed E-state index contributed by atoms with van der Waals surface area (Å²) in [5.74, 6) is 0.241. The topological polar surface area (TPSA) is 117 Å². The number of amides is 1. The predicted octanol–water partition coefficient (Wildman–Crippen LogP) is 3.82. The van der Waals surface area contributed by atoms with Crippen molar-refractivity contribution in [1.29, 1.82) is 0 Å². The van der Waals surface area contributed by atoms with E-state index in [0.29, 0.717) is 23.1 Å². The first-order valence-electron chi connectivity index (χ1n) is 11.7. The van der Waals surface area contributed by atoms with E-state index in [9.17, 15) is 15.1 Å². The molecule has 6 rings (SSSR count). The maximum absolute atomic E-state index is 13.2. The Kier molecular flexibility index (Phi) is 5.06. The number of aromatic nitrogens is 4. The molecule has 0 spiro atoms. The second-order valence-corrected chi connectivity index (χ2v) is 9.24. The third-order valence-corrected chi connectivity index (χ3v) is 6.83. The van der Waals surface area contributed by atoms with E-state index < -0.39 is 5.91 Å². The van der Waals surface area contributed by atoms with E-state index in [0.717, 1.165) is 59.9 Å². The second kappa shape index (κ2) is 8.25. The highest BCUT2D eigenvalue weighted by Crippen LogP contribution is 2.38. The quantitative estimate of drug-likeness (QED) is 0.308. The summed E-state index contributed by atoms with van der Waals surface area (Å²) in [7, 11) is 0. The van der Waals surface area contributed by atoms with Gasteiger partial charge in [0.25, 0.3) is 0 Å². The molecule has 0 saturated heterocycles. The number of nitrogens with one attached hydrogen (secondary N) is 1. The fourth-order valence-corrected chi connectivity index (χ4v) is 4.80. The molecule has 9 heteroatoms. The van der Waals surface area contributed by atoms with Crippen LogP contribution in [0.1, 0.15) is 66.7 Å². The molecular formula is C25H26N5O4+. The summed E-state index contributed by atoms with van der Waals surface area (Å²) in [6.07, 6.45) is 10.1. The third-order valence-electron chi connectivity index (χ3n) is 6.83. The van der Waals surface area contributed by atoms with Crippen molar-refractivity contribution in [2.45, 2.75) is 56.6 Å². The number of benzene rings is 1. The standard InChI is InChI=1S/C25H25N5O4/c31-18-8-6-17(7-9-18)29-14-16-12-21(19(13-20(16)28-29)25-26-10-11-34-25)27-24(32)23-3-1-2-22(30(23)33)15-4-5-15/h1-3,10-15,17-18,31H,4-9H2,(H-,27,32,33)/p+1/t17-,18-. The first-order valence-corrected chi connectivity index (χ1v) is 11.7. The van der Waals surface area contributed by atoms with Crippen molar-refractivity contribution in [3.63, 3.8) is 0 Å². The third kappa shape index (κ3) is 3.81. The van der Waals surface area contributed by atoms with Gasteiger partial charge in [-0.15, -0.1) is 0 Å². The molecule has 0 aliphatic heterocycles. The zero-order valence-corrected chi connectivity index (χ0v) is 18.6. The molecule has 1 aromatic carbocycles. The molecule has 2 fully saturated rings. The summed E-state index contributed by atoms with van der Waals surface area (Å²) in [6.45, 7) is 0. The number of carbonyl (C=O) groups excluding carboxylic acids is 1. The van der Waals surface area contributed by atoms with Gasteiger partial charge in [-0.1, -0.05) is 0 Å². The molecule has 0 unspecified atom stereocenters. The largest absolute Gasteiger partial charge is 0.444 e. The maximum atomic E-state index is 13.2. The Morgan fingerprint density at radius 1 is 1.15 bits per heavy atom. The Balaban J connectivity index is 1.36. The van der Waals surface area contributed by atoms with Crippen molar-refractivity contribution >= 4 is 22.5 Å². The van der Waals surface area contributed by atoms with Gasteiger partial charge in [0, 0.05) is 34.4 Å². The second-order valence-electron chi connectivity index (χ2n) is 9.24. The van der Waals surface area contributed by atoms with Gasteiger partial charge in [0.1, 0.15) is 6.26 Å². The van der Waals surface area contributed by atoms with Crippen LogP contribution in [0.5, 0.6) is 0 Å². The van der Waals surface area contributed by atoms with E-state index in [2.05, 4.69) is 10.3 Å². The van der Waals surface area contributed by atoms with Crippen LogP contribution >= 0.6 is 0 Å². The monoisotopic (exact) mass is 460 g/mol. The van der Waals surface area contributed by atoms with Gasteiger partial charge in [0.15, 0.2) is 0 Å². The fourth-order valence-electron chi connectivity index (χ4n) is 4.80. The smallest absolute Gasteiger partial charge is 0.325 e. The molecule has 3 N–H and O–H groups in total. The minimum atomic E-state index is -0.425. The molecule has 0 atom stereocenters. The lowest BCUT2D eigenvalue weighted by molar-refractivity contribution is -0.910. The molecule has 2 saturated carbocycles.